The van der Waals surface area contributed by atoms with Crippen molar-refractivity contribution in [3.05, 3.63) is 28.8 Å². The van der Waals surface area contributed by atoms with Gasteiger partial charge in [0.15, 0.2) is 0 Å². The first kappa shape index (κ1) is 15.7. The Morgan fingerprint density at radius 1 is 1.32 bits per heavy atom. The highest BCUT2D eigenvalue weighted by Crippen LogP contribution is 2.20. The minimum absolute atomic E-state index is 0.00203. The summed E-state index contributed by atoms with van der Waals surface area (Å²) in [6.45, 7) is 7.93. The van der Waals surface area contributed by atoms with Crippen molar-refractivity contribution in [2.75, 3.05) is 6.54 Å². The molecule has 0 aliphatic heterocycles. The molecule has 106 valence electrons. The van der Waals surface area contributed by atoms with E-state index < -0.39 is 10.0 Å². The van der Waals surface area contributed by atoms with Crippen molar-refractivity contribution >= 4 is 15.9 Å². The van der Waals surface area contributed by atoms with Gasteiger partial charge in [-0.3, -0.25) is 4.79 Å². The molecule has 0 aliphatic rings. The average molecular weight is 284 g/mol. The molecule has 1 amide bonds. The van der Waals surface area contributed by atoms with E-state index in [2.05, 4.69) is 5.32 Å². The predicted molar refractivity (Wildman–Crippen MR) is 74.5 cm³/mol. The zero-order chi connectivity index (χ0) is 14.8. The maximum Gasteiger partial charge on any atom is 0.251 e. The molecule has 0 saturated heterocycles. The first-order valence-electron chi connectivity index (χ1n) is 6.05. The summed E-state index contributed by atoms with van der Waals surface area (Å²) in [5, 5.41) is 7.91. The quantitative estimate of drug-likeness (QED) is 0.874. The second kappa shape index (κ2) is 5.71. The van der Waals surface area contributed by atoms with Gasteiger partial charge in [-0.05, 0) is 43.0 Å². The summed E-state index contributed by atoms with van der Waals surface area (Å²) in [5.41, 5.74) is 1.61. The number of amides is 1. The maximum atomic E-state index is 11.9. The monoisotopic (exact) mass is 284 g/mol. The first-order chi connectivity index (χ1) is 8.62. The molecule has 0 saturated carbocycles. The van der Waals surface area contributed by atoms with Crippen LogP contribution in [0.1, 0.15) is 35.3 Å². The molecule has 1 aromatic rings. The van der Waals surface area contributed by atoms with Crippen LogP contribution in [-0.2, 0) is 10.0 Å². The average Bonchev–Trinajstić information content (AvgIpc) is 2.27. The number of nitrogens with two attached hydrogens (primary N) is 1. The van der Waals surface area contributed by atoms with Crippen molar-refractivity contribution in [3.63, 3.8) is 0 Å². The lowest BCUT2D eigenvalue weighted by atomic mass is 10.1. The molecule has 0 radical (unpaired) electrons. The molecule has 19 heavy (non-hydrogen) atoms. The molecule has 1 rings (SSSR count). The van der Waals surface area contributed by atoms with Crippen LogP contribution in [0.3, 0.4) is 0 Å². The lowest BCUT2D eigenvalue weighted by Crippen LogP contribution is -2.28. The number of hydrogen-bond acceptors (Lipinski definition) is 3. The highest BCUT2D eigenvalue weighted by Gasteiger charge is 2.17. The number of aryl methyl sites for hydroxylation is 1. The molecule has 0 spiro atoms. The standard InChI is InChI=1S/C13H20N2O3S/c1-8(2)7-15-13(16)11-5-9(3)10(4)12(6-11)19(14,17)18/h5-6,8H,7H2,1-4H3,(H,15,16)(H2,14,17,18). The van der Waals surface area contributed by atoms with Crippen molar-refractivity contribution < 1.29 is 13.2 Å². The van der Waals surface area contributed by atoms with Gasteiger partial charge in [0.2, 0.25) is 10.0 Å². The Labute approximate surface area is 114 Å². The van der Waals surface area contributed by atoms with Gasteiger partial charge >= 0.3 is 0 Å². The Morgan fingerprint density at radius 3 is 2.37 bits per heavy atom. The SMILES string of the molecule is Cc1cc(C(=O)NCC(C)C)cc(S(N)(=O)=O)c1C. The number of primary sulfonamides is 1. The van der Waals surface area contributed by atoms with Gasteiger partial charge in [-0.15, -0.1) is 0 Å². The topological polar surface area (TPSA) is 89.3 Å². The van der Waals surface area contributed by atoms with E-state index in [4.69, 9.17) is 5.14 Å². The van der Waals surface area contributed by atoms with Gasteiger partial charge in [0.25, 0.3) is 5.91 Å². The Balaban J connectivity index is 3.18. The Hall–Kier alpha value is -1.40. The van der Waals surface area contributed by atoms with E-state index in [0.29, 0.717) is 23.6 Å². The van der Waals surface area contributed by atoms with Crippen molar-refractivity contribution in [1.82, 2.24) is 5.32 Å². The summed E-state index contributed by atoms with van der Waals surface area (Å²) in [6, 6.07) is 2.99. The van der Waals surface area contributed by atoms with Gasteiger partial charge in [0, 0.05) is 12.1 Å². The number of carbonyl (C=O) groups excluding carboxylic acids is 1. The fourth-order valence-electron chi connectivity index (χ4n) is 1.65. The number of rotatable bonds is 4. The lowest BCUT2D eigenvalue weighted by molar-refractivity contribution is 0.0948. The number of hydrogen-bond donors (Lipinski definition) is 2. The highest BCUT2D eigenvalue weighted by atomic mass is 32.2. The second-order valence-corrected chi connectivity index (χ2v) is 6.60. The van der Waals surface area contributed by atoms with Crippen molar-refractivity contribution in [3.8, 4) is 0 Å². The number of carbonyl (C=O) groups is 1. The second-order valence-electron chi connectivity index (χ2n) is 5.07. The van der Waals surface area contributed by atoms with Crippen molar-refractivity contribution in [1.29, 1.82) is 0 Å². The molecular weight excluding hydrogens is 264 g/mol. The summed E-state index contributed by atoms with van der Waals surface area (Å²) < 4.78 is 23.0. The Morgan fingerprint density at radius 2 is 1.89 bits per heavy atom. The minimum atomic E-state index is -3.82. The zero-order valence-corrected chi connectivity index (χ0v) is 12.5. The van der Waals surface area contributed by atoms with Crippen molar-refractivity contribution in [2.45, 2.75) is 32.6 Å². The maximum absolute atomic E-state index is 11.9. The smallest absolute Gasteiger partial charge is 0.251 e. The van der Waals surface area contributed by atoms with Crippen LogP contribution in [-0.4, -0.2) is 20.9 Å². The third kappa shape index (κ3) is 4.04. The highest BCUT2D eigenvalue weighted by molar-refractivity contribution is 7.89. The molecule has 0 fully saturated rings. The summed E-state index contributed by atoms with van der Waals surface area (Å²) >= 11 is 0. The molecule has 0 atom stereocenters. The molecule has 6 heteroatoms. The zero-order valence-electron chi connectivity index (χ0n) is 11.6. The van der Waals surface area contributed by atoms with E-state index in [1.165, 1.54) is 6.07 Å². The van der Waals surface area contributed by atoms with Gasteiger partial charge in [-0.25, -0.2) is 13.6 Å². The molecule has 1 aromatic carbocycles. The van der Waals surface area contributed by atoms with Crippen LogP contribution in [0.25, 0.3) is 0 Å². The summed E-state index contributed by atoms with van der Waals surface area (Å²) in [7, 11) is -3.82. The van der Waals surface area contributed by atoms with Crippen LogP contribution in [0.15, 0.2) is 17.0 Å². The third-order valence-corrected chi connectivity index (χ3v) is 3.90. The summed E-state index contributed by atoms with van der Waals surface area (Å²) in [4.78, 5) is 11.9. The molecule has 3 N–H and O–H groups in total. The molecule has 5 nitrogen and oxygen atoms in total. The van der Waals surface area contributed by atoms with Gasteiger partial charge in [0.1, 0.15) is 0 Å². The summed E-state index contributed by atoms with van der Waals surface area (Å²) in [5.74, 6) is 0.0370. The number of nitrogens with one attached hydrogen (secondary N) is 1. The van der Waals surface area contributed by atoms with Gasteiger partial charge in [0.05, 0.1) is 4.90 Å². The van der Waals surface area contributed by atoms with E-state index in [-0.39, 0.29) is 10.8 Å². The normalized spacial score (nSPS) is 11.7. The number of benzene rings is 1. The van der Waals surface area contributed by atoms with Crippen LogP contribution in [0.5, 0.6) is 0 Å². The van der Waals surface area contributed by atoms with E-state index in [0.717, 1.165) is 5.56 Å². The van der Waals surface area contributed by atoms with E-state index in [1.54, 1.807) is 19.9 Å². The molecule has 0 aliphatic carbocycles. The molecule has 0 aromatic heterocycles. The molecular formula is C13H20N2O3S. The Kier molecular flexibility index (Phi) is 4.70. The van der Waals surface area contributed by atoms with E-state index in [1.807, 2.05) is 13.8 Å². The first-order valence-corrected chi connectivity index (χ1v) is 7.59. The largest absolute Gasteiger partial charge is 0.352 e. The van der Waals surface area contributed by atoms with E-state index >= 15 is 0 Å². The van der Waals surface area contributed by atoms with Crippen molar-refractivity contribution in [2.24, 2.45) is 11.1 Å². The lowest BCUT2D eigenvalue weighted by Gasteiger charge is -2.12. The van der Waals surface area contributed by atoms with Crippen LogP contribution in [0.4, 0.5) is 0 Å². The molecule has 0 heterocycles. The number of sulfonamides is 1. The van der Waals surface area contributed by atoms with Gasteiger partial charge in [-0.1, -0.05) is 13.8 Å². The van der Waals surface area contributed by atoms with Gasteiger partial charge in [-0.2, -0.15) is 0 Å². The fourth-order valence-corrected chi connectivity index (χ4v) is 2.53. The third-order valence-electron chi connectivity index (χ3n) is 2.86. The predicted octanol–water partition coefficient (Wildman–Crippen LogP) is 1.34. The molecule has 0 unspecified atom stereocenters. The Bertz CT molecular complexity index is 592. The van der Waals surface area contributed by atoms with Crippen LogP contribution >= 0.6 is 0 Å². The fraction of sp³-hybridized carbons (Fsp3) is 0.462. The summed E-state index contributed by atoms with van der Waals surface area (Å²) in [6.07, 6.45) is 0. The van der Waals surface area contributed by atoms with E-state index in [9.17, 15) is 13.2 Å². The van der Waals surface area contributed by atoms with Crippen LogP contribution < -0.4 is 10.5 Å². The van der Waals surface area contributed by atoms with Crippen LogP contribution in [0, 0.1) is 19.8 Å². The molecule has 0 bridgehead atoms. The van der Waals surface area contributed by atoms with Gasteiger partial charge < -0.3 is 5.32 Å². The van der Waals surface area contributed by atoms with Crippen LogP contribution in [0.2, 0.25) is 0 Å². The minimum Gasteiger partial charge on any atom is -0.352 e.